The molecule has 1 N–H and O–H groups in total. The van der Waals surface area contributed by atoms with Crippen LogP contribution in [0.15, 0.2) is 24.3 Å². The standard InChI is InChI=1S/C8H8NO/c10-8-7-4-2-1-3-6(7)5-9-8/h1-4,8,10H,5H2. The van der Waals surface area contributed by atoms with Crippen molar-refractivity contribution in [2.45, 2.75) is 12.8 Å². The molecule has 1 atom stereocenters. The van der Waals surface area contributed by atoms with Crippen LogP contribution in [0.1, 0.15) is 17.4 Å². The van der Waals surface area contributed by atoms with Crippen LogP contribution in [0.3, 0.4) is 0 Å². The van der Waals surface area contributed by atoms with Crippen LogP contribution in [-0.4, -0.2) is 5.11 Å². The molecule has 1 aliphatic heterocycles. The largest absolute Gasteiger partial charge is 0.373 e. The molecule has 51 valence electrons. The Morgan fingerprint density at radius 2 is 2.20 bits per heavy atom. The molecule has 0 spiro atoms. The molecular weight excluding hydrogens is 126 g/mol. The number of aliphatic hydroxyl groups excluding tert-OH is 1. The third kappa shape index (κ3) is 0.735. The lowest BCUT2D eigenvalue weighted by molar-refractivity contribution is 0.147. The van der Waals surface area contributed by atoms with Gasteiger partial charge in [-0.15, -0.1) is 0 Å². The molecule has 0 saturated heterocycles. The van der Waals surface area contributed by atoms with Crippen molar-refractivity contribution in [3.63, 3.8) is 0 Å². The lowest BCUT2D eigenvalue weighted by Gasteiger charge is -1.99. The summed E-state index contributed by atoms with van der Waals surface area (Å²) in [5, 5.41) is 13.2. The second-order valence-corrected chi connectivity index (χ2v) is 2.41. The van der Waals surface area contributed by atoms with Crippen molar-refractivity contribution in [3.8, 4) is 0 Å². The van der Waals surface area contributed by atoms with Gasteiger partial charge in [0, 0.05) is 12.1 Å². The van der Waals surface area contributed by atoms with E-state index in [4.69, 9.17) is 0 Å². The van der Waals surface area contributed by atoms with Crippen LogP contribution in [0.4, 0.5) is 0 Å². The molecule has 0 bridgehead atoms. The number of hydrogen-bond donors (Lipinski definition) is 1. The molecule has 1 heterocycles. The fourth-order valence-corrected chi connectivity index (χ4v) is 1.21. The summed E-state index contributed by atoms with van der Waals surface area (Å²) in [4.78, 5) is 0. The number of rotatable bonds is 0. The minimum Gasteiger partial charge on any atom is -0.373 e. The summed E-state index contributed by atoms with van der Waals surface area (Å²) in [6.07, 6.45) is -0.573. The van der Waals surface area contributed by atoms with E-state index in [1.165, 1.54) is 0 Å². The van der Waals surface area contributed by atoms with Gasteiger partial charge in [-0.05, 0) is 5.56 Å². The Morgan fingerprint density at radius 3 is 3.00 bits per heavy atom. The SMILES string of the molecule is OC1[N]Cc2ccccc21. The van der Waals surface area contributed by atoms with Gasteiger partial charge in [-0.1, -0.05) is 24.3 Å². The maximum atomic E-state index is 9.21. The topological polar surface area (TPSA) is 34.3 Å². The third-order valence-electron chi connectivity index (χ3n) is 1.77. The van der Waals surface area contributed by atoms with Gasteiger partial charge >= 0.3 is 0 Å². The van der Waals surface area contributed by atoms with E-state index in [0.29, 0.717) is 6.54 Å². The van der Waals surface area contributed by atoms with Gasteiger partial charge in [0.25, 0.3) is 0 Å². The van der Waals surface area contributed by atoms with Gasteiger partial charge < -0.3 is 5.11 Å². The Morgan fingerprint density at radius 1 is 1.40 bits per heavy atom. The summed E-state index contributed by atoms with van der Waals surface area (Å²) >= 11 is 0. The van der Waals surface area contributed by atoms with E-state index in [1.807, 2.05) is 24.3 Å². The number of benzene rings is 1. The van der Waals surface area contributed by atoms with E-state index in [1.54, 1.807) is 0 Å². The van der Waals surface area contributed by atoms with Crippen molar-refractivity contribution in [1.29, 1.82) is 0 Å². The summed E-state index contributed by atoms with van der Waals surface area (Å²) in [6.45, 7) is 0.664. The molecule has 1 unspecified atom stereocenters. The minimum atomic E-state index is -0.573. The fourth-order valence-electron chi connectivity index (χ4n) is 1.21. The van der Waals surface area contributed by atoms with Crippen molar-refractivity contribution < 1.29 is 5.11 Å². The Bertz CT molecular complexity index is 247. The molecule has 0 saturated carbocycles. The van der Waals surface area contributed by atoms with E-state index in [0.717, 1.165) is 11.1 Å². The highest BCUT2D eigenvalue weighted by Crippen LogP contribution is 2.23. The molecular formula is C8H8NO. The van der Waals surface area contributed by atoms with Crippen LogP contribution in [0.2, 0.25) is 0 Å². The van der Waals surface area contributed by atoms with Crippen LogP contribution < -0.4 is 5.32 Å². The van der Waals surface area contributed by atoms with Gasteiger partial charge in [-0.3, -0.25) is 0 Å². The molecule has 1 aliphatic rings. The number of aliphatic hydroxyl groups is 1. The van der Waals surface area contributed by atoms with Crippen LogP contribution in [0.5, 0.6) is 0 Å². The quantitative estimate of drug-likeness (QED) is 0.559. The Balaban J connectivity index is 2.51. The van der Waals surface area contributed by atoms with Crippen molar-refractivity contribution in [1.82, 2.24) is 5.32 Å². The average Bonchev–Trinajstić information content (AvgIpc) is 2.34. The van der Waals surface area contributed by atoms with Gasteiger partial charge in [0.05, 0.1) is 0 Å². The van der Waals surface area contributed by atoms with Gasteiger partial charge in [0.2, 0.25) is 0 Å². The van der Waals surface area contributed by atoms with Crippen LogP contribution in [0, 0.1) is 0 Å². The third-order valence-corrected chi connectivity index (χ3v) is 1.77. The zero-order valence-electron chi connectivity index (χ0n) is 5.49. The Hall–Kier alpha value is -0.860. The molecule has 0 aliphatic carbocycles. The summed E-state index contributed by atoms with van der Waals surface area (Å²) in [5.41, 5.74) is 2.11. The minimum absolute atomic E-state index is 0.573. The molecule has 2 nitrogen and oxygen atoms in total. The van der Waals surface area contributed by atoms with Gasteiger partial charge in [0.15, 0.2) is 0 Å². The van der Waals surface area contributed by atoms with Crippen molar-refractivity contribution >= 4 is 0 Å². The predicted octanol–water partition coefficient (Wildman–Crippen LogP) is 0.795. The summed E-state index contributed by atoms with van der Waals surface area (Å²) in [7, 11) is 0. The molecule has 1 radical (unpaired) electrons. The normalized spacial score (nSPS) is 22.7. The molecule has 2 rings (SSSR count). The maximum absolute atomic E-state index is 9.21. The van der Waals surface area contributed by atoms with Crippen LogP contribution >= 0.6 is 0 Å². The highest BCUT2D eigenvalue weighted by Gasteiger charge is 2.18. The molecule has 0 amide bonds. The van der Waals surface area contributed by atoms with E-state index in [-0.39, 0.29) is 0 Å². The summed E-state index contributed by atoms with van der Waals surface area (Å²) in [5.74, 6) is 0. The summed E-state index contributed by atoms with van der Waals surface area (Å²) < 4.78 is 0. The second kappa shape index (κ2) is 2.08. The van der Waals surface area contributed by atoms with Gasteiger partial charge in [0.1, 0.15) is 6.23 Å². The molecule has 1 aromatic carbocycles. The maximum Gasteiger partial charge on any atom is 0.146 e. The van der Waals surface area contributed by atoms with Gasteiger partial charge in [-0.2, -0.15) is 0 Å². The molecule has 1 aromatic rings. The monoisotopic (exact) mass is 134 g/mol. The molecule has 0 fully saturated rings. The van der Waals surface area contributed by atoms with Gasteiger partial charge in [-0.25, -0.2) is 5.32 Å². The second-order valence-electron chi connectivity index (χ2n) is 2.41. The lowest BCUT2D eigenvalue weighted by Crippen LogP contribution is -2.01. The van der Waals surface area contributed by atoms with Crippen molar-refractivity contribution in [3.05, 3.63) is 35.4 Å². The zero-order valence-corrected chi connectivity index (χ0v) is 5.49. The first kappa shape index (κ1) is 5.89. The lowest BCUT2D eigenvalue weighted by atomic mass is 10.1. The van der Waals surface area contributed by atoms with Crippen molar-refractivity contribution in [2.75, 3.05) is 0 Å². The first-order chi connectivity index (χ1) is 4.88. The predicted molar refractivity (Wildman–Crippen MR) is 37.2 cm³/mol. The number of hydrogen-bond acceptors (Lipinski definition) is 1. The van der Waals surface area contributed by atoms with E-state index in [2.05, 4.69) is 5.32 Å². The fraction of sp³-hybridized carbons (Fsp3) is 0.250. The van der Waals surface area contributed by atoms with E-state index in [9.17, 15) is 5.11 Å². The molecule has 10 heavy (non-hydrogen) atoms. The van der Waals surface area contributed by atoms with Crippen molar-refractivity contribution in [2.24, 2.45) is 0 Å². The zero-order chi connectivity index (χ0) is 6.97. The Kier molecular flexibility index (Phi) is 1.22. The Labute approximate surface area is 59.5 Å². The van der Waals surface area contributed by atoms with E-state index >= 15 is 0 Å². The highest BCUT2D eigenvalue weighted by molar-refractivity contribution is 5.31. The van der Waals surface area contributed by atoms with Crippen LogP contribution in [0.25, 0.3) is 0 Å². The smallest absolute Gasteiger partial charge is 0.146 e. The summed E-state index contributed by atoms with van der Waals surface area (Å²) in [6, 6.07) is 7.79. The first-order valence-electron chi connectivity index (χ1n) is 3.30. The van der Waals surface area contributed by atoms with Crippen LogP contribution in [-0.2, 0) is 6.54 Å². The molecule has 0 aromatic heterocycles. The number of nitrogens with zero attached hydrogens (tertiary/aromatic N) is 1. The average molecular weight is 134 g/mol. The highest BCUT2D eigenvalue weighted by atomic mass is 16.3. The first-order valence-corrected chi connectivity index (χ1v) is 3.30. The molecule has 2 heteroatoms. The number of fused-ring (bicyclic) bond motifs is 1. The van der Waals surface area contributed by atoms with E-state index < -0.39 is 6.23 Å².